The number of hydrogen-bond acceptors (Lipinski definition) is 3. The molecule has 7 aromatic carbocycles. The quantitative estimate of drug-likeness (QED) is 0.178. The van der Waals surface area contributed by atoms with Crippen LogP contribution in [0.15, 0.2) is 158 Å². The predicted molar refractivity (Wildman–Crippen MR) is 231 cm³/mol. The maximum Gasteiger partial charge on any atom is 0.238 e. The lowest BCUT2D eigenvalue weighted by atomic mass is 9.83. The van der Waals surface area contributed by atoms with E-state index in [0.717, 1.165) is 33.3 Å². The van der Waals surface area contributed by atoms with Crippen molar-refractivity contribution >= 4 is 59.9 Å². The molecule has 0 spiro atoms. The van der Waals surface area contributed by atoms with E-state index in [1.165, 1.54) is 86.5 Å². The van der Waals surface area contributed by atoms with Gasteiger partial charge < -0.3 is 4.40 Å². The molecule has 1 aliphatic rings. The molecule has 5 heteroatoms. The Morgan fingerprint density at radius 3 is 1.59 bits per heavy atom. The highest BCUT2D eigenvalue weighted by molar-refractivity contribution is 6.24. The number of fused-ring (bicyclic) bond motifs is 9. The van der Waals surface area contributed by atoms with Crippen molar-refractivity contribution in [2.24, 2.45) is 0 Å². The first-order chi connectivity index (χ1) is 27.8. The summed E-state index contributed by atoms with van der Waals surface area (Å²) in [5, 5.41) is 7.37. The highest BCUT2D eigenvalue weighted by Crippen LogP contribution is 2.43. The summed E-state index contributed by atoms with van der Waals surface area (Å²) in [5.74, 6) is 2.53. The first-order valence-corrected chi connectivity index (χ1v) is 19.9. The van der Waals surface area contributed by atoms with Gasteiger partial charge in [-0.1, -0.05) is 135 Å². The normalized spacial score (nSPS) is 14.0. The van der Waals surface area contributed by atoms with Crippen molar-refractivity contribution in [3.63, 3.8) is 0 Å². The monoisotopic (exact) mass is 719 g/mol. The molecule has 0 saturated heterocycles. The van der Waals surface area contributed by atoms with Gasteiger partial charge in [0.05, 0.1) is 27.6 Å². The number of para-hydroxylation sites is 4. The van der Waals surface area contributed by atoms with Gasteiger partial charge >= 0.3 is 0 Å². The van der Waals surface area contributed by atoms with Crippen molar-refractivity contribution in [2.75, 3.05) is 0 Å². The minimum absolute atomic E-state index is 0.574. The van der Waals surface area contributed by atoms with E-state index in [2.05, 4.69) is 167 Å². The first-order valence-electron chi connectivity index (χ1n) is 19.9. The van der Waals surface area contributed by atoms with Gasteiger partial charge in [0.25, 0.3) is 0 Å². The van der Waals surface area contributed by atoms with Crippen molar-refractivity contribution < 1.29 is 0 Å². The predicted octanol–water partition coefficient (Wildman–Crippen LogP) is 13.2. The molecule has 266 valence electrons. The zero-order valence-corrected chi connectivity index (χ0v) is 30.9. The van der Waals surface area contributed by atoms with E-state index in [-0.39, 0.29) is 0 Å². The standard InChI is InChI=1S/C51H37N5/c1-2-15-32(16-3-1)33-17-14-18-34(29-33)49-52-50(54-51(53-49)56-46-27-12-6-20-37(46)38-21-7-13-28-47(38)56)41-24-5-4-19-36(41)35-30-42-39-22-8-10-25-44(39)55-45-26-11-9-23-40(45)43(31-35)48(42)55/h4-14,17-32H,1-3,15-16H2. The third-order valence-corrected chi connectivity index (χ3v) is 12.3. The largest absolute Gasteiger partial charge is 0.308 e. The van der Waals surface area contributed by atoms with Crippen LogP contribution in [0.25, 0.3) is 99.8 Å². The SMILES string of the molecule is c1cc(-c2nc(-c3ccccc3-c3cc4c5ccccc5n5c6ccccc6c(c3)c45)nc(-n3c4ccccc4c4ccccc43)n2)cc(C2CCCCC2)c1. The molecule has 56 heavy (non-hydrogen) atoms. The van der Waals surface area contributed by atoms with Gasteiger partial charge in [0.1, 0.15) is 0 Å². The van der Waals surface area contributed by atoms with E-state index in [4.69, 9.17) is 15.0 Å². The fraction of sp³-hybridized carbons (Fsp3) is 0.118. The number of hydrogen-bond donors (Lipinski definition) is 0. The molecule has 0 bridgehead atoms. The minimum Gasteiger partial charge on any atom is -0.308 e. The van der Waals surface area contributed by atoms with Crippen LogP contribution in [0.2, 0.25) is 0 Å². The molecule has 0 amide bonds. The van der Waals surface area contributed by atoms with Crippen LogP contribution in [-0.2, 0) is 0 Å². The molecular formula is C51H37N5. The lowest BCUT2D eigenvalue weighted by Crippen LogP contribution is -2.07. The Hall–Kier alpha value is -6.85. The van der Waals surface area contributed by atoms with Crippen molar-refractivity contribution in [3.05, 3.63) is 163 Å². The lowest BCUT2D eigenvalue weighted by molar-refractivity contribution is 0.443. The molecule has 1 aliphatic carbocycles. The Labute approximate surface area is 323 Å². The van der Waals surface area contributed by atoms with Gasteiger partial charge in [-0.15, -0.1) is 0 Å². The Morgan fingerprint density at radius 1 is 0.411 bits per heavy atom. The maximum absolute atomic E-state index is 5.40. The van der Waals surface area contributed by atoms with Crippen LogP contribution in [0.4, 0.5) is 0 Å². The first kappa shape index (κ1) is 31.5. The van der Waals surface area contributed by atoms with E-state index in [1.807, 2.05) is 0 Å². The Bertz CT molecular complexity index is 3170. The average molecular weight is 720 g/mol. The number of benzene rings is 7. The highest BCUT2D eigenvalue weighted by Gasteiger charge is 2.23. The van der Waals surface area contributed by atoms with Gasteiger partial charge in [0.15, 0.2) is 11.6 Å². The zero-order chi connectivity index (χ0) is 36.7. The van der Waals surface area contributed by atoms with Gasteiger partial charge in [0, 0.05) is 43.4 Å². The van der Waals surface area contributed by atoms with Gasteiger partial charge in [-0.2, -0.15) is 9.97 Å². The van der Waals surface area contributed by atoms with Gasteiger partial charge in [-0.25, -0.2) is 4.98 Å². The summed E-state index contributed by atoms with van der Waals surface area (Å²) in [5.41, 5.74) is 11.5. The molecule has 12 rings (SSSR count). The van der Waals surface area contributed by atoms with E-state index in [0.29, 0.717) is 23.5 Å². The van der Waals surface area contributed by atoms with Crippen molar-refractivity contribution in [1.29, 1.82) is 0 Å². The Balaban J connectivity index is 1.12. The van der Waals surface area contributed by atoms with Crippen LogP contribution in [0.3, 0.4) is 0 Å². The average Bonchev–Trinajstić information content (AvgIpc) is 3.92. The molecule has 0 atom stereocenters. The second-order valence-corrected chi connectivity index (χ2v) is 15.4. The maximum atomic E-state index is 5.40. The van der Waals surface area contributed by atoms with Crippen LogP contribution in [0, 0.1) is 0 Å². The summed E-state index contributed by atoms with van der Waals surface area (Å²) < 4.78 is 4.65. The third kappa shape index (κ3) is 4.70. The van der Waals surface area contributed by atoms with E-state index in [1.54, 1.807) is 0 Å². The Morgan fingerprint density at radius 2 is 0.946 bits per heavy atom. The fourth-order valence-electron chi connectivity index (χ4n) is 9.75. The van der Waals surface area contributed by atoms with E-state index >= 15 is 0 Å². The number of rotatable bonds is 5. The Kier molecular flexibility index (Phi) is 6.94. The molecule has 0 radical (unpaired) electrons. The summed E-state index contributed by atoms with van der Waals surface area (Å²) in [4.78, 5) is 16.1. The summed E-state index contributed by atoms with van der Waals surface area (Å²) in [7, 11) is 0. The van der Waals surface area contributed by atoms with Crippen molar-refractivity contribution in [2.45, 2.75) is 38.0 Å². The van der Waals surface area contributed by atoms with Crippen molar-refractivity contribution in [3.8, 4) is 39.9 Å². The smallest absolute Gasteiger partial charge is 0.238 e. The molecule has 1 fully saturated rings. The summed E-state index contributed by atoms with van der Waals surface area (Å²) >= 11 is 0. The second-order valence-electron chi connectivity index (χ2n) is 15.4. The van der Waals surface area contributed by atoms with Crippen molar-refractivity contribution in [1.82, 2.24) is 23.9 Å². The highest BCUT2D eigenvalue weighted by atomic mass is 15.2. The number of nitrogens with zero attached hydrogens (tertiary/aromatic N) is 5. The topological polar surface area (TPSA) is 48.0 Å². The summed E-state index contributed by atoms with van der Waals surface area (Å²) in [6, 6.07) is 57.0. The molecule has 0 unspecified atom stereocenters. The third-order valence-electron chi connectivity index (χ3n) is 12.3. The molecule has 4 aromatic heterocycles. The molecular weight excluding hydrogens is 683 g/mol. The van der Waals surface area contributed by atoms with Crippen LogP contribution >= 0.6 is 0 Å². The van der Waals surface area contributed by atoms with Gasteiger partial charge in [0.2, 0.25) is 5.95 Å². The summed E-state index contributed by atoms with van der Waals surface area (Å²) in [6.45, 7) is 0. The van der Waals surface area contributed by atoms with Crippen LogP contribution in [0.5, 0.6) is 0 Å². The molecule has 4 heterocycles. The molecule has 1 saturated carbocycles. The fourth-order valence-corrected chi connectivity index (χ4v) is 9.75. The zero-order valence-electron chi connectivity index (χ0n) is 30.9. The van der Waals surface area contributed by atoms with E-state index < -0.39 is 0 Å². The molecule has 0 aliphatic heterocycles. The van der Waals surface area contributed by atoms with Crippen LogP contribution < -0.4 is 0 Å². The minimum atomic E-state index is 0.574. The van der Waals surface area contributed by atoms with Gasteiger partial charge in [-0.3, -0.25) is 4.57 Å². The number of aromatic nitrogens is 5. The molecule has 5 nitrogen and oxygen atoms in total. The van der Waals surface area contributed by atoms with Gasteiger partial charge in [-0.05, 0) is 77.9 Å². The summed E-state index contributed by atoms with van der Waals surface area (Å²) in [6.07, 6.45) is 6.39. The molecule has 0 N–H and O–H groups in total. The lowest BCUT2D eigenvalue weighted by Gasteiger charge is -2.22. The van der Waals surface area contributed by atoms with Crippen LogP contribution in [-0.4, -0.2) is 23.9 Å². The van der Waals surface area contributed by atoms with Crippen LogP contribution in [0.1, 0.15) is 43.6 Å². The molecule has 11 aromatic rings. The van der Waals surface area contributed by atoms with E-state index in [9.17, 15) is 0 Å². The second kappa shape index (κ2) is 12.3.